The van der Waals surface area contributed by atoms with E-state index in [0.717, 1.165) is 60.3 Å². The lowest BCUT2D eigenvalue weighted by atomic mass is 10.0. The van der Waals surface area contributed by atoms with Gasteiger partial charge in [0.05, 0.1) is 106 Å². The molecular weight excluding hydrogens is 1830 g/mol. The van der Waals surface area contributed by atoms with Crippen LogP contribution in [-0.4, -0.2) is 154 Å². The van der Waals surface area contributed by atoms with Gasteiger partial charge in [0.1, 0.15) is 38.6 Å². The van der Waals surface area contributed by atoms with Crippen LogP contribution in [0.2, 0.25) is 5.02 Å². The van der Waals surface area contributed by atoms with Crippen LogP contribution in [0.4, 0.5) is 63.1 Å². The molecule has 11 aromatic carbocycles. The number of hydrogen-bond acceptors (Lipinski definition) is 20. The minimum absolute atomic E-state index is 0.0257. The number of pyridine rings is 4. The topological polar surface area (TPSA) is 354 Å². The van der Waals surface area contributed by atoms with Gasteiger partial charge in [-0.15, -0.1) is 0 Å². The summed E-state index contributed by atoms with van der Waals surface area (Å²) in [5.41, 5.74) is 9.23. The first kappa shape index (κ1) is 92.8. The summed E-state index contributed by atoms with van der Waals surface area (Å²) in [5, 5.41) is 16.8. The highest BCUT2D eigenvalue weighted by atomic mass is 35.5. The molecule has 4 fully saturated rings. The number of nitrogens with one attached hydrogen (secondary N) is 4. The number of ether oxygens (including phenoxy) is 4. The van der Waals surface area contributed by atoms with Gasteiger partial charge in [-0.25, -0.2) is 68.5 Å². The molecule has 8 heterocycles. The molecule has 0 unspecified atom stereocenters. The average Bonchev–Trinajstić information content (AvgIpc) is 0.766. The van der Waals surface area contributed by atoms with Gasteiger partial charge in [-0.05, 0) is 205 Å². The molecule has 0 radical (unpaired) electrons. The van der Waals surface area contributed by atoms with E-state index in [-0.39, 0.29) is 116 Å². The minimum Gasteiger partial charge on any atom is -0.359 e. The molecule has 0 saturated carbocycles. The molecule has 0 bridgehead atoms. The number of aromatic nitrogens is 4. The Bertz CT molecular complexity index is 7490. The molecule has 19 rings (SSSR count). The second-order valence-corrected chi connectivity index (χ2v) is 39.0. The summed E-state index contributed by atoms with van der Waals surface area (Å²) >= 11 is 6.23. The number of aryl methyl sites for hydroxylation is 1. The third kappa shape index (κ3) is 21.3. The third-order valence-electron chi connectivity index (χ3n) is 21.8. The number of anilines is 8. The van der Waals surface area contributed by atoms with E-state index in [1.165, 1.54) is 98.0 Å². The zero-order chi connectivity index (χ0) is 94.0. The van der Waals surface area contributed by atoms with E-state index in [0.29, 0.717) is 83.9 Å². The fourth-order valence-electron chi connectivity index (χ4n) is 14.7. The van der Waals surface area contributed by atoms with Crippen molar-refractivity contribution in [2.24, 2.45) is 0 Å². The van der Waals surface area contributed by atoms with Crippen LogP contribution in [0.5, 0.6) is 0 Å². The summed E-state index contributed by atoms with van der Waals surface area (Å²) < 4.78 is 181. The zero-order valence-electron chi connectivity index (χ0n) is 70.8. The molecule has 15 aromatic rings. The van der Waals surface area contributed by atoms with Crippen molar-refractivity contribution >= 4 is 153 Å². The average molecular weight is 1910 g/mol. The summed E-state index contributed by atoms with van der Waals surface area (Å²) in [4.78, 5) is 68.4. The van der Waals surface area contributed by atoms with Crippen molar-refractivity contribution in [2.75, 3.05) is 115 Å². The number of nitrogens with zero attached hydrogens (tertiary/aromatic N) is 8. The number of sulfonamides is 4. The van der Waals surface area contributed by atoms with Gasteiger partial charge in [0.15, 0.2) is 11.6 Å². The number of fused-ring (bicyclic) bond motifs is 3. The third-order valence-corrected chi connectivity index (χ3v) is 28.8. The van der Waals surface area contributed by atoms with Crippen molar-refractivity contribution in [3.8, 4) is 45.0 Å². The highest BCUT2D eigenvalue weighted by Crippen LogP contribution is 2.38. The number of carbonyl (C=O) groups excluding carboxylic acids is 4. The van der Waals surface area contributed by atoms with E-state index in [9.17, 15) is 70.4 Å². The van der Waals surface area contributed by atoms with Crippen LogP contribution in [0.25, 0.3) is 77.3 Å². The maximum Gasteiger partial charge on any atom is 0.255 e. The molecule has 28 nitrogen and oxygen atoms in total. The molecule has 4 aliphatic rings. The van der Waals surface area contributed by atoms with Crippen molar-refractivity contribution in [3.05, 3.63) is 348 Å². The Kier molecular flexibility index (Phi) is 27.9. The SMILES string of the molecule is Cc1ccc(-c2nccc3ccccc23)cc1NC(=O)c1ccc(N2COCCS2(=O)=O)cc1.O=C(Nc1cc(F)c(F)c(-c2nccc3ccccc23)c1)c1ccc(N2COCCS2(=O)=O)cc1.O=C(Nc1ccc(Cl)c(-c2ccc(F)cn2)c1)c1ccc(N2COCCS2(=O)=O)cc1.O=C(Nc1ccc(F)c(-c2nccc3ccccc23)c1)c1ccc(N2COCCS2(=O)=O)cc1. The van der Waals surface area contributed by atoms with E-state index in [1.807, 2.05) is 97.9 Å². The molecule has 134 heavy (non-hydrogen) atoms. The summed E-state index contributed by atoms with van der Waals surface area (Å²) in [7, 11) is -13.8. The van der Waals surface area contributed by atoms with Gasteiger partial charge in [-0.2, -0.15) is 0 Å². The minimum atomic E-state index is -3.49. The van der Waals surface area contributed by atoms with Crippen LogP contribution in [0.15, 0.2) is 292 Å². The second-order valence-electron chi connectivity index (χ2n) is 30.6. The highest BCUT2D eigenvalue weighted by Gasteiger charge is 2.32. The Morgan fingerprint density at radius 3 is 1.13 bits per heavy atom. The van der Waals surface area contributed by atoms with E-state index in [2.05, 4.69) is 41.2 Å². The summed E-state index contributed by atoms with van der Waals surface area (Å²) in [5.74, 6) is -5.11. The van der Waals surface area contributed by atoms with Gasteiger partial charge in [0.25, 0.3) is 23.6 Å². The zero-order valence-corrected chi connectivity index (χ0v) is 74.9. The summed E-state index contributed by atoms with van der Waals surface area (Å²) in [6.07, 6.45) is 6.00. The quantitative estimate of drug-likeness (QED) is 0.0653. The normalized spacial score (nSPS) is 15.3. The van der Waals surface area contributed by atoms with Crippen LogP contribution in [-0.2, 0) is 59.0 Å². The van der Waals surface area contributed by atoms with Crippen molar-refractivity contribution in [3.63, 3.8) is 0 Å². The van der Waals surface area contributed by atoms with Gasteiger partial charge >= 0.3 is 0 Å². The second kappa shape index (κ2) is 40.3. The fourth-order valence-corrected chi connectivity index (χ4v) is 19.9. The number of carbonyl (C=O) groups is 4. The van der Waals surface area contributed by atoms with Crippen molar-refractivity contribution in [1.82, 2.24) is 19.9 Å². The van der Waals surface area contributed by atoms with Crippen LogP contribution >= 0.6 is 11.6 Å². The summed E-state index contributed by atoms with van der Waals surface area (Å²) in [6, 6.07) is 73.2. The Morgan fingerprint density at radius 2 is 0.716 bits per heavy atom. The lowest BCUT2D eigenvalue weighted by Gasteiger charge is -2.28. The van der Waals surface area contributed by atoms with Gasteiger partial charge < -0.3 is 40.2 Å². The standard InChI is InChI=1S/C26H23N3O4S.C25H19F2N3O4S.C25H20FN3O4S.C21H17ClFN3O4S/c1-18-6-7-21(25-23-5-3-2-4-19(23)12-13-27-25)16-24(18)28-26(30)20-8-10-22(11-9-20)29-17-33-14-15-34(29,31)32;26-22-14-18(13-21(23(22)27)24-20-4-2-1-3-16(20)9-10-28-24)29-25(31)17-5-7-19(8-6-17)30-15-34-11-12-35(30,32)33;26-23-10-7-19(15-22(23)24-21-4-2-1-3-17(21)11-12-27-24)28-25(30)18-5-8-20(9-6-18)29-16-33-13-14-34(29,31)32;22-19-7-4-16(11-18(19)20-8-3-15(23)12-24-20)25-21(27)14-1-5-17(6-2-14)26-13-30-9-10-31(26,28)29/h2-13,16H,14-15,17H2,1H3,(H,28,30);1-10,13-14H,11-12,15H2,(H,29,31);1-12,15H,13-14,16H2,(H,28,30);1-8,11-12H,9-10,13H2,(H,25,27). The molecule has 4 N–H and O–H groups in total. The van der Waals surface area contributed by atoms with Crippen LogP contribution in [0.3, 0.4) is 0 Å². The smallest absolute Gasteiger partial charge is 0.255 e. The predicted octanol–water partition coefficient (Wildman–Crippen LogP) is 17.5. The first-order chi connectivity index (χ1) is 64.5. The first-order valence-corrected chi connectivity index (χ1v) is 48.1. The van der Waals surface area contributed by atoms with E-state index in [1.54, 1.807) is 103 Å². The lowest BCUT2D eigenvalue weighted by Crippen LogP contribution is -2.41. The van der Waals surface area contributed by atoms with Gasteiger partial charge in [-0.1, -0.05) is 96.5 Å². The van der Waals surface area contributed by atoms with E-state index >= 15 is 0 Å². The Balaban J connectivity index is 0.000000130. The Labute approximate surface area is 772 Å². The maximum atomic E-state index is 14.7. The van der Waals surface area contributed by atoms with Crippen LogP contribution in [0, 0.1) is 30.2 Å². The van der Waals surface area contributed by atoms with Gasteiger partial charge in [0, 0.05) is 108 Å². The molecule has 0 spiro atoms. The van der Waals surface area contributed by atoms with Crippen molar-refractivity contribution < 1.29 is 89.4 Å². The van der Waals surface area contributed by atoms with Crippen molar-refractivity contribution in [1.29, 1.82) is 0 Å². The van der Waals surface area contributed by atoms with Crippen molar-refractivity contribution in [2.45, 2.75) is 6.92 Å². The monoisotopic (exact) mass is 1910 g/mol. The molecular formula is C97H79ClF4N12O16S4. The molecule has 0 aliphatic carbocycles. The number of rotatable bonds is 16. The molecule has 37 heteroatoms. The Hall–Kier alpha value is -14.5. The molecule has 4 aliphatic heterocycles. The number of benzene rings is 11. The Morgan fingerprint density at radius 1 is 0.351 bits per heavy atom. The summed E-state index contributed by atoms with van der Waals surface area (Å²) in [6.45, 7) is 2.32. The highest BCUT2D eigenvalue weighted by molar-refractivity contribution is 7.93. The predicted molar refractivity (Wildman–Crippen MR) is 507 cm³/mol. The van der Waals surface area contributed by atoms with E-state index in [4.69, 9.17) is 30.5 Å². The fraction of sp³-hybridized carbons (Fsp3) is 0.134. The molecule has 0 atom stereocenters. The van der Waals surface area contributed by atoms with Crippen LogP contribution in [0.1, 0.15) is 47.0 Å². The molecule has 682 valence electrons. The van der Waals surface area contributed by atoms with E-state index < -0.39 is 75.2 Å². The number of halogens is 5. The molecule has 4 aromatic heterocycles. The number of amides is 4. The lowest BCUT2D eigenvalue weighted by molar-refractivity contribution is 0.101. The number of hydrogen-bond donors (Lipinski definition) is 4. The van der Waals surface area contributed by atoms with Crippen LogP contribution < -0.4 is 38.5 Å². The molecule has 4 amide bonds. The van der Waals surface area contributed by atoms with Gasteiger partial charge in [0.2, 0.25) is 40.1 Å². The maximum absolute atomic E-state index is 14.7. The molecule has 4 saturated heterocycles. The van der Waals surface area contributed by atoms with Gasteiger partial charge in [-0.3, -0.25) is 39.1 Å². The largest absolute Gasteiger partial charge is 0.359 e. The first-order valence-electron chi connectivity index (χ1n) is 41.3.